The molecule has 0 fully saturated rings. The Bertz CT molecular complexity index is 597. The lowest BCUT2D eigenvalue weighted by Gasteiger charge is -2.27. The monoisotopic (exact) mass is 356 g/mol. The van der Waals surface area contributed by atoms with Crippen LogP contribution in [0.2, 0.25) is 0 Å². The lowest BCUT2D eigenvalue weighted by atomic mass is 9.96. The van der Waals surface area contributed by atoms with E-state index in [-0.39, 0.29) is 23.8 Å². The van der Waals surface area contributed by atoms with Crippen molar-refractivity contribution in [1.82, 2.24) is 4.90 Å². The maximum atomic E-state index is 12.2. The second-order valence-corrected chi connectivity index (χ2v) is 6.18. The number of carbonyl (C=O) groups is 3. The first-order valence-electron chi connectivity index (χ1n) is 7.51. The maximum Gasteiger partial charge on any atom is 0.421 e. The van der Waals surface area contributed by atoms with Crippen LogP contribution in [0, 0.1) is 5.92 Å². The van der Waals surface area contributed by atoms with Gasteiger partial charge in [0.1, 0.15) is 0 Å². The third kappa shape index (κ3) is 4.46. The average Bonchev–Trinajstić information content (AvgIpc) is 2.88. The van der Waals surface area contributed by atoms with Gasteiger partial charge in [0.05, 0.1) is 29.2 Å². The summed E-state index contributed by atoms with van der Waals surface area (Å²) in [5, 5.41) is 8.82. The number of carboxylic acid groups (broad SMARTS) is 1. The zero-order valence-corrected chi connectivity index (χ0v) is 14.6. The highest BCUT2D eigenvalue weighted by molar-refractivity contribution is 8.00. The number of carboxylic acids is 1. The molecule has 0 aromatic heterocycles. The highest BCUT2D eigenvalue weighted by Crippen LogP contribution is 2.41. The van der Waals surface area contributed by atoms with E-state index >= 15 is 0 Å². The average molecular weight is 356 g/mol. The predicted molar refractivity (Wildman–Crippen MR) is 87.0 cm³/mol. The Morgan fingerprint density at radius 1 is 1.46 bits per heavy atom. The molecule has 0 saturated carbocycles. The van der Waals surface area contributed by atoms with Crippen molar-refractivity contribution in [1.29, 1.82) is 0 Å². The molecule has 1 rings (SSSR count). The molecule has 132 valence electrons. The molecule has 2 unspecified atom stereocenters. The van der Waals surface area contributed by atoms with E-state index in [1.54, 1.807) is 6.92 Å². The number of thioether (sulfide) groups is 1. The minimum Gasteiger partial charge on any atom is -0.481 e. The molecule has 2 atom stereocenters. The van der Waals surface area contributed by atoms with E-state index in [4.69, 9.17) is 4.74 Å². The summed E-state index contributed by atoms with van der Waals surface area (Å²) >= 11 is 1.23. The third-order valence-corrected chi connectivity index (χ3v) is 4.78. The van der Waals surface area contributed by atoms with Gasteiger partial charge in [0.2, 0.25) is 12.0 Å². The molecule has 2 amide bonds. The van der Waals surface area contributed by atoms with E-state index in [1.807, 2.05) is 6.92 Å². The van der Waals surface area contributed by atoms with Gasteiger partial charge in [0, 0.05) is 12.7 Å². The summed E-state index contributed by atoms with van der Waals surface area (Å²) < 4.78 is 4.89. The second-order valence-electron chi connectivity index (χ2n) is 5.05. The van der Waals surface area contributed by atoms with Crippen molar-refractivity contribution >= 4 is 35.8 Å². The molecule has 1 heterocycles. The van der Waals surface area contributed by atoms with Gasteiger partial charge >= 0.3 is 12.1 Å². The molecule has 1 aliphatic heterocycles. The normalized spacial score (nSPS) is 17.9. The summed E-state index contributed by atoms with van der Waals surface area (Å²) in [6.07, 6.45) is 1.46. The number of carbonyl (C=O) groups excluding carboxylic acids is 3. The number of ether oxygens (including phenoxy) is 1. The van der Waals surface area contributed by atoms with Gasteiger partial charge in [-0.15, -0.1) is 11.8 Å². The van der Waals surface area contributed by atoms with Crippen molar-refractivity contribution in [2.24, 2.45) is 10.9 Å². The molecule has 0 aliphatic carbocycles. The van der Waals surface area contributed by atoms with Crippen LogP contribution in [0.15, 0.2) is 16.4 Å². The van der Waals surface area contributed by atoms with E-state index in [2.05, 4.69) is 4.99 Å². The van der Waals surface area contributed by atoms with Crippen molar-refractivity contribution in [3.05, 3.63) is 11.4 Å². The zero-order valence-electron chi connectivity index (χ0n) is 13.8. The number of aliphatic imine (C=N–C) groups is 1. The first kappa shape index (κ1) is 19.9. The van der Waals surface area contributed by atoms with Crippen LogP contribution in [0.3, 0.4) is 0 Å². The first-order chi connectivity index (χ1) is 11.4. The van der Waals surface area contributed by atoms with Crippen molar-refractivity contribution in [3.63, 3.8) is 0 Å². The van der Waals surface area contributed by atoms with Crippen LogP contribution in [0.25, 0.3) is 0 Å². The molecule has 0 radical (unpaired) electrons. The summed E-state index contributed by atoms with van der Waals surface area (Å²) in [6.45, 7) is 4.66. The number of amides is 2. The number of nitrogens with zero attached hydrogens (tertiary/aromatic N) is 2. The molecule has 9 heteroatoms. The molecule has 1 aliphatic rings. The number of isocyanates is 1. The maximum absolute atomic E-state index is 12.2. The van der Waals surface area contributed by atoms with Gasteiger partial charge in [-0.2, -0.15) is 4.99 Å². The highest BCUT2D eigenvalue weighted by atomic mass is 32.2. The van der Waals surface area contributed by atoms with E-state index < -0.39 is 29.1 Å². The highest BCUT2D eigenvalue weighted by Gasteiger charge is 2.42. The molecule has 0 bridgehead atoms. The molecular formula is C15H20N2O6S. The fraction of sp³-hybridized carbons (Fsp3) is 0.600. The van der Waals surface area contributed by atoms with Crippen LogP contribution in [-0.2, 0) is 19.1 Å². The molecular weight excluding hydrogens is 336 g/mol. The molecule has 1 N–H and O–H groups in total. The van der Waals surface area contributed by atoms with Crippen LogP contribution in [0.4, 0.5) is 4.79 Å². The second kappa shape index (κ2) is 9.24. The van der Waals surface area contributed by atoms with E-state index in [0.29, 0.717) is 12.8 Å². The fourth-order valence-corrected chi connectivity index (χ4v) is 3.93. The van der Waals surface area contributed by atoms with Crippen LogP contribution in [0.1, 0.15) is 33.6 Å². The summed E-state index contributed by atoms with van der Waals surface area (Å²) in [5.41, 5.74) is 0.278. The summed E-state index contributed by atoms with van der Waals surface area (Å²) in [6, 6.07) is 0. The molecule has 0 saturated heterocycles. The Kier molecular flexibility index (Phi) is 7.67. The van der Waals surface area contributed by atoms with Crippen LogP contribution >= 0.6 is 11.8 Å². The van der Waals surface area contributed by atoms with Crippen molar-refractivity contribution in [2.75, 3.05) is 12.4 Å². The Labute approximate surface area is 143 Å². The Morgan fingerprint density at radius 2 is 2.12 bits per heavy atom. The fourth-order valence-electron chi connectivity index (χ4n) is 2.49. The standard InChI is InChI=1S/C15H20N2O6S/c1-4-6-10(14(20)21)13-12(11(7-24-13)16-8-18)17(9(3)19)15(22)23-5-2/h10,13H,4-7H2,1-3H3,(H,20,21). The van der Waals surface area contributed by atoms with Gasteiger partial charge in [-0.1, -0.05) is 13.3 Å². The van der Waals surface area contributed by atoms with Crippen molar-refractivity contribution in [3.8, 4) is 0 Å². The van der Waals surface area contributed by atoms with Gasteiger partial charge in [-0.25, -0.2) is 14.5 Å². The largest absolute Gasteiger partial charge is 0.481 e. The van der Waals surface area contributed by atoms with Gasteiger partial charge < -0.3 is 9.84 Å². The third-order valence-electron chi connectivity index (χ3n) is 3.43. The van der Waals surface area contributed by atoms with Crippen LogP contribution in [-0.4, -0.2) is 51.7 Å². The Balaban J connectivity index is 3.41. The van der Waals surface area contributed by atoms with Crippen LogP contribution < -0.4 is 0 Å². The number of hydrogen-bond donors (Lipinski definition) is 1. The lowest BCUT2D eigenvalue weighted by Crippen LogP contribution is -2.41. The van der Waals surface area contributed by atoms with Crippen molar-refractivity contribution < 1.29 is 29.0 Å². The van der Waals surface area contributed by atoms with Gasteiger partial charge in [0.25, 0.3) is 0 Å². The van der Waals surface area contributed by atoms with Crippen molar-refractivity contribution in [2.45, 2.75) is 38.9 Å². The molecule has 0 spiro atoms. The summed E-state index contributed by atoms with van der Waals surface area (Å²) in [4.78, 5) is 50.8. The smallest absolute Gasteiger partial charge is 0.421 e. The number of aliphatic carboxylic acids is 1. The molecule has 24 heavy (non-hydrogen) atoms. The van der Waals surface area contributed by atoms with E-state index in [9.17, 15) is 24.3 Å². The van der Waals surface area contributed by atoms with E-state index in [1.165, 1.54) is 24.8 Å². The topological polar surface area (TPSA) is 113 Å². The van der Waals surface area contributed by atoms with E-state index in [0.717, 1.165) is 4.90 Å². The predicted octanol–water partition coefficient (Wildman–Crippen LogP) is 2.16. The zero-order chi connectivity index (χ0) is 18.3. The van der Waals surface area contributed by atoms with Crippen LogP contribution in [0.5, 0.6) is 0 Å². The minimum absolute atomic E-state index is 0.0529. The quantitative estimate of drug-likeness (QED) is 0.549. The molecule has 0 aromatic carbocycles. The van der Waals surface area contributed by atoms with Gasteiger partial charge in [0.15, 0.2) is 0 Å². The first-order valence-corrected chi connectivity index (χ1v) is 8.56. The summed E-state index contributed by atoms with van der Waals surface area (Å²) in [5.74, 6) is -2.26. The summed E-state index contributed by atoms with van der Waals surface area (Å²) in [7, 11) is 0. The number of imide groups is 1. The number of rotatable bonds is 7. The van der Waals surface area contributed by atoms with Gasteiger partial charge in [-0.05, 0) is 13.3 Å². The number of hydrogen-bond acceptors (Lipinski definition) is 7. The lowest BCUT2D eigenvalue weighted by molar-refractivity contribution is -0.142. The minimum atomic E-state index is -1.03. The van der Waals surface area contributed by atoms with Gasteiger partial charge in [-0.3, -0.25) is 9.59 Å². The SMILES string of the molecule is CCCC(C(=O)O)C1SCC(N=C=O)=C1N(C(C)=O)C(=O)OCC. The Morgan fingerprint density at radius 3 is 2.58 bits per heavy atom. The molecule has 0 aromatic rings. The Hall–Kier alpha value is -2.12. The molecule has 8 nitrogen and oxygen atoms in total.